The van der Waals surface area contributed by atoms with Gasteiger partial charge in [0.1, 0.15) is 0 Å². The van der Waals surface area contributed by atoms with E-state index in [0.29, 0.717) is 22.4 Å². The van der Waals surface area contributed by atoms with E-state index >= 15 is 0 Å². The molecule has 1 aromatic carbocycles. The van der Waals surface area contributed by atoms with E-state index in [9.17, 15) is 9.59 Å². The number of thiazole rings is 1. The zero-order valence-corrected chi connectivity index (χ0v) is 16.1. The zero-order valence-electron chi connectivity index (χ0n) is 14.5. The third kappa shape index (κ3) is 4.41. The fraction of sp³-hybridized carbons (Fsp3) is 0.389. The molecule has 0 radical (unpaired) electrons. The van der Waals surface area contributed by atoms with Crippen molar-refractivity contribution in [2.45, 2.75) is 26.3 Å². The van der Waals surface area contributed by atoms with Crippen LogP contribution in [0.1, 0.15) is 25.5 Å². The topological polar surface area (TPSA) is 79.5 Å². The Balaban J connectivity index is 1.70. The molecule has 0 saturated carbocycles. The first-order valence-corrected chi connectivity index (χ1v) is 9.72. The number of benzene rings is 1. The van der Waals surface area contributed by atoms with Crippen LogP contribution in [0.4, 0.5) is 10.8 Å². The maximum atomic E-state index is 12.2. The first-order valence-electron chi connectivity index (χ1n) is 8.46. The van der Waals surface area contributed by atoms with E-state index in [0.717, 1.165) is 31.6 Å². The first kappa shape index (κ1) is 18.8. The van der Waals surface area contributed by atoms with E-state index in [-0.39, 0.29) is 17.7 Å². The molecular formula is C18H21ClN4O2S. The summed E-state index contributed by atoms with van der Waals surface area (Å²) in [6.07, 6.45) is 1.57. The maximum absolute atomic E-state index is 12.2. The van der Waals surface area contributed by atoms with Crippen LogP contribution < -0.4 is 10.6 Å². The van der Waals surface area contributed by atoms with Crippen LogP contribution in [-0.2, 0) is 16.1 Å². The number of rotatable bonds is 5. The molecule has 0 atom stereocenters. The molecule has 1 aromatic heterocycles. The van der Waals surface area contributed by atoms with Crippen LogP contribution >= 0.6 is 22.9 Å². The lowest BCUT2D eigenvalue weighted by Gasteiger charge is -2.29. The van der Waals surface area contributed by atoms with Crippen LogP contribution in [0.3, 0.4) is 0 Å². The van der Waals surface area contributed by atoms with Gasteiger partial charge < -0.3 is 5.73 Å². The number of primary amides is 1. The Hall–Kier alpha value is -1.96. The van der Waals surface area contributed by atoms with Crippen molar-refractivity contribution in [1.82, 2.24) is 9.88 Å². The Morgan fingerprint density at radius 3 is 2.73 bits per heavy atom. The van der Waals surface area contributed by atoms with E-state index in [1.807, 2.05) is 17.5 Å². The second kappa shape index (κ2) is 8.16. The number of nitrogens with zero attached hydrogens (tertiary/aromatic N) is 3. The van der Waals surface area contributed by atoms with Crippen molar-refractivity contribution >= 4 is 45.6 Å². The molecule has 1 fully saturated rings. The van der Waals surface area contributed by atoms with Crippen molar-refractivity contribution in [3.05, 3.63) is 40.4 Å². The molecule has 1 aliphatic heterocycles. The van der Waals surface area contributed by atoms with Gasteiger partial charge in [-0.1, -0.05) is 17.7 Å². The number of anilines is 2. The monoisotopic (exact) mass is 392 g/mol. The zero-order chi connectivity index (χ0) is 18.7. The largest absolute Gasteiger partial charge is 0.369 e. The van der Waals surface area contributed by atoms with Crippen molar-refractivity contribution < 1.29 is 9.59 Å². The summed E-state index contributed by atoms with van der Waals surface area (Å²) < 4.78 is 0. The van der Waals surface area contributed by atoms with Crippen LogP contribution in [0.5, 0.6) is 0 Å². The Kier molecular flexibility index (Phi) is 5.90. The van der Waals surface area contributed by atoms with E-state index in [1.54, 1.807) is 17.0 Å². The van der Waals surface area contributed by atoms with Gasteiger partial charge in [-0.25, -0.2) is 4.98 Å². The number of aromatic nitrogens is 1. The summed E-state index contributed by atoms with van der Waals surface area (Å²) in [5.41, 5.74) is 7.00. The number of halogens is 1. The van der Waals surface area contributed by atoms with Crippen LogP contribution in [0.15, 0.2) is 29.6 Å². The molecule has 0 aliphatic carbocycles. The highest BCUT2D eigenvalue weighted by atomic mass is 35.5. The highest BCUT2D eigenvalue weighted by Crippen LogP contribution is 2.31. The lowest BCUT2D eigenvalue weighted by Crippen LogP contribution is -2.38. The Labute approximate surface area is 161 Å². The van der Waals surface area contributed by atoms with Crippen molar-refractivity contribution in [1.29, 1.82) is 0 Å². The van der Waals surface area contributed by atoms with Gasteiger partial charge >= 0.3 is 0 Å². The van der Waals surface area contributed by atoms with Crippen LogP contribution in [-0.4, -0.2) is 34.8 Å². The Morgan fingerprint density at radius 2 is 2.12 bits per heavy atom. The average Bonchev–Trinajstić information content (AvgIpc) is 3.03. The van der Waals surface area contributed by atoms with Gasteiger partial charge in [-0.05, 0) is 44.1 Å². The second-order valence-corrected chi connectivity index (χ2v) is 7.68. The number of hydrogen-bond acceptors (Lipinski definition) is 5. The van der Waals surface area contributed by atoms with Gasteiger partial charge in [0.05, 0.1) is 11.4 Å². The number of piperidine rings is 1. The fourth-order valence-corrected chi connectivity index (χ4v) is 4.18. The highest BCUT2D eigenvalue weighted by Gasteiger charge is 2.24. The molecule has 3 rings (SSSR count). The minimum absolute atomic E-state index is 0.0201. The average molecular weight is 393 g/mol. The van der Waals surface area contributed by atoms with Crippen molar-refractivity contribution in [2.75, 3.05) is 18.0 Å². The molecule has 0 bridgehead atoms. The van der Waals surface area contributed by atoms with Gasteiger partial charge in [-0.3, -0.25) is 19.4 Å². The molecule has 2 heterocycles. The summed E-state index contributed by atoms with van der Waals surface area (Å²) >= 11 is 7.49. The molecular weight excluding hydrogens is 372 g/mol. The van der Waals surface area contributed by atoms with Crippen molar-refractivity contribution in [3.63, 3.8) is 0 Å². The molecule has 8 heteroatoms. The molecule has 0 unspecified atom stereocenters. The lowest BCUT2D eigenvalue weighted by atomic mass is 9.96. The second-order valence-electron chi connectivity index (χ2n) is 6.41. The van der Waals surface area contributed by atoms with Crippen molar-refractivity contribution in [2.24, 2.45) is 11.7 Å². The first-order chi connectivity index (χ1) is 12.4. The quantitative estimate of drug-likeness (QED) is 0.847. The summed E-state index contributed by atoms with van der Waals surface area (Å²) in [5, 5.41) is 3.17. The molecule has 2 N–H and O–H groups in total. The summed E-state index contributed by atoms with van der Waals surface area (Å²) in [5.74, 6) is -0.345. The van der Waals surface area contributed by atoms with E-state index in [2.05, 4.69) is 9.88 Å². The van der Waals surface area contributed by atoms with Gasteiger partial charge in [0.2, 0.25) is 11.8 Å². The third-order valence-corrected chi connectivity index (χ3v) is 5.60. The summed E-state index contributed by atoms with van der Waals surface area (Å²) in [7, 11) is 0. The standard InChI is InChI=1S/C18H21ClN4O2S/c1-12(24)23(16-4-2-3-14(19)9-16)18-21-15(11-26-18)10-22-7-5-13(6-8-22)17(20)25/h2-4,9,11,13H,5-8,10H2,1H3,(H2,20,25). The molecule has 2 aromatic rings. The lowest BCUT2D eigenvalue weighted by molar-refractivity contribution is -0.123. The number of carbonyl (C=O) groups is 2. The predicted octanol–water partition coefficient (Wildman–Crippen LogP) is 3.18. The van der Waals surface area contributed by atoms with Gasteiger partial charge in [-0.15, -0.1) is 11.3 Å². The SMILES string of the molecule is CC(=O)N(c1cccc(Cl)c1)c1nc(CN2CCC(C(N)=O)CC2)cs1. The number of carbonyl (C=O) groups excluding carboxylic acids is 2. The van der Waals surface area contributed by atoms with Gasteiger partial charge in [0.15, 0.2) is 5.13 Å². The molecule has 1 aliphatic rings. The van der Waals surface area contributed by atoms with Gasteiger partial charge in [-0.2, -0.15) is 0 Å². The van der Waals surface area contributed by atoms with Gasteiger partial charge in [0, 0.05) is 29.8 Å². The summed E-state index contributed by atoms with van der Waals surface area (Å²) in [6.45, 7) is 3.86. The minimum atomic E-state index is -0.209. The molecule has 0 spiro atoms. The third-order valence-electron chi connectivity index (χ3n) is 4.49. The summed E-state index contributed by atoms with van der Waals surface area (Å²) in [4.78, 5) is 31.9. The molecule has 26 heavy (non-hydrogen) atoms. The Bertz CT molecular complexity index is 802. The highest BCUT2D eigenvalue weighted by molar-refractivity contribution is 7.14. The van der Waals surface area contributed by atoms with E-state index in [1.165, 1.54) is 18.3 Å². The molecule has 2 amide bonds. The van der Waals surface area contributed by atoms with Crippen molar-refractivity contribution in [3.8, 4) is 0 Å². The predicted molar refractivity (Wildman–Crippen MR) is 104 cm³/mol. The number of nitrogens with two attached hydrogens (primary N) is 1. The number of hydrogen-bond donors (Lipinski definition) is 1. The van der Waals surface area contributed by atoms with E-state index in [4.69, 9.17) is 17.3 Å². The minimum Gasteiger partial charge on any atom is -0.369 e. The molecule has 138 valence electrons. The van der Waals surface area contributed by atoms with E-state index < -0.39 is 0 Å². The smallest absolute Gasteiger partial charge is 0.230 e. The van der Waals surface area contributed by atoms with Crippen LogP contribution in [0.2, 0.25) is 5.02 Å². The number of likely N-dealkylation sites (tertiary alicyclic amines) is 1. The van der Waals surface area contributed by atoms with Crippen LogP contribution in [0.25, 0.3) is 0 Å². The van der Waals surface area contributed by atoms with Crippen LogP contribution in [0, 0.1) is 5.92 Å². The maximum Gasteiger partial charge on any atom is 0.230 e. The van der Waals surface area contributed by atoms with Gasteiger partial charge in [0.25, 0.3) is 0 Å². The molecule has 1 saturated heterocycles. The summed E-state index contributed by atoms with van der Waals surface area (Å²) in [6, 6.07) is 7.17. The fourth-order valence-electron chi connectivity index (χ4n) is 3.12. The molecule has 6 nitrogen and oxygen atoms in total. The Morgan fingerprint density at radius 1 is 1.38 bits per heavy atom. The number of amides is 2. The normalized spacial score (nSPS) is 15.8.